The van der Waals surface area contributed by atoms with Gasteiger partial charge in [0.05, 0.1) is 18.7 Å². The molecule has 0 saturated carbocycles. The number of hydrogen-bond acceptors (Lipinski definition) is 3. The molecule has 2 heterocycles. The molecule has 2 aliphatic rings. The molecule has 0 spiro atoms. The number of fused-ring (bicyclic) bond motifs is 1. The Morgan fingerprint density at radius 2 is 2.04 bits per heavy atom. The highest BCUT2D eigenvalue weighted by molar-refractivity contribution is 6.05. The molecule has 0 N–H and O–H groups in total. The normalized spacial score (nSPS) is 19.0. The van der Waals surface area contributed by atoms with Crippen LogP contribution in [0.1, 0.15) is 18.4 Å². The number of hydrogen-bond donors (Lipinski definition) is 0. The lowest BCUT2D eigenvalue weighted by molar-refractivity contribution is -0.124. The van der Waals surface area contributed by atoms with Crippen LogP contribution < -0.4 is 14.5 Å². The van der Waals surface area contributed by atoms with Gasteiger partial charge in [0.2, 0.25) is 11.8 Å². The second-order valence-corrected chi connectivity index (χ2v) is 7.10. The van der Waals surface area contributed by atoms with Crippen molar-refractivity contribution in [3.8, 4) is 5.75 Å². The third kappa shape index (κ3) is 3.21. The van der Waals surface area contributed by atoms with Gasteiger partial charge in [-0.2, -0.15) is 0 Å². The van der Waals surface area contributed by atoms with E-state index in [1.54, 1.807) is 36.3 Å². The first kappa shape index (κ1) is 18.4. The highest BCUT2D eigenvalue weighted by atomic mass is 19.1. The van der Waals surface area contributed by atoms with E-state index in [2.05, 4.69) is 0 Å². The third-order valence-corrected chi connectivity index (χ3v) is 5.31. The fourth-order valence-corrected chi connectivity index (χ4v) is 3.99. The molecule has 1 saturated heterocycles. The Balaban J connectivity index is 1.58. The Morgan fingerprint density at radius 1 is 1.21 bits per heavy atom. The van der Waals surface area contributed by atoms with E-state index in [9.17, 15) is 18.4 Å². The lowest BCUT2D eigenvalue weighted by Crippen LogP contribution is -2.41. The number of nitrogens with zero attached hydrogens (tertiary/aromatic N) is 2. The highest BCUT2D eigenvalue weighted by Gasteiger charge is 2.39. The molecule has 28 heavy (non-hydrogen) atoms. The van der Waals surface area contributed by atoms with Crippen molar-refractivity contribution in [1.82, 2.24) is 0 Å². The van der Waals surface area contributed by atoms with Gasteiger partial charge in [0.15, 0.2) is 0 Å². The molecular weight excluding hydrogens is 366 g/mol. The molecule has 1 fully saturated rings. The van der Waals surface area contributed by atoms with Crippen LogP contribution in [0.25, 0.3) is 0 Å². The average Bonchev–Trinajstić information content (AvgIpc) is 3.08. The fourth-order valence-electron chi connectivity index (χ4n) is 3.99. The van der Waals surface area contributed by atoms with Crippen LogP contribution in [0, 0.1) is 17.6 Å². The Bertz CT molecular complexity index is 947. The van der Waals surface area contributed by atoms with E-state index in [1.165, 1.54) is 11.0 Å². The largest absolute Gasteiger partial charge is 0.497 e. The van der Waals surface area contributed by atoms with Crippen LogP contribution in [0.4, 0.5) is 20.2 Å². The van der Waals surface area contributed by atoms with Crippen molar-refractivity contribution in [1.29, 1.82) is 0 Å². The summed E-state index contributed by atoms with van der Waals surface area (Å²) in [6.45, 7) is 0.581. The molecule has 2 aromatic rings. The monoisotopic (exact) mass is 386 g/mol. The zero-order valence-corrected chi connectivity index (χ0v) is 15.5. The molecule has 1 atom stereocenters. The molecule has 7 heteroatoms. The first-order valence-electron chi connectivity index (χ1n) is 9.21. The predicted molar refractivity (Wildman–Crippen MR) is 100 cm³/mol. The van der Waals surface area contributed by atoms with Crippen molar-refractivity contribution in [2.75, 3.05) is 30.0 Å². The molecule has 1 unspecified atom stereocenters. The maximum Gasteiger partial charge on any atom is 0.232 e. The summed E-state index contributed by atoms with van der Waals surface area (Å²) in [6.07, 6.45) is 1.21. The molecule has 2 aliphatic heterocycles. The van der Waals surface area contributed by atoms with E-state index in [4.69, 9.17) is 4.74 Å². The molecule has 2 amide bonds. The zero-order chi connectivity index (χ0) is 19.8. The zero-order valence-electron chi connectivity index (χ0n) is 15.5. The minimum atomic E-state index is -0.739. The number of methoxy groups -OCH3 is 1. The van der Waals surface area contributed by atoms with E-state index < -0.39 is 17.6 Å². The van der Waals surface area contributed by atoms with E-state index >= 15 is 0 Å². The molecule has 4 rings (SSSR count). The van der Waals surface area contributed by atoms with Crippen molar-refractivity contribution in [2.45, 2.75) is 19.3 Å². The number of aryl methyl sites for hydroxylation is 1. The summed E-state index contributed by atoms with van der Waals surface area (Å²) in [4.78, 5) is 28.6. The molecule has 0 radical (unpaired) electrons. The Morgan fingerprint density at radius 3 is 2.82 bits per heavy atom. The van der Waals surface area contributed by atoms with Crippen LogP contribution in [-0.4, -0.2) is 32.0 Å². The van der Waals surface area contributed by atoms with Gasteiger partial charge < -0.3 is 14.5 Å². The lowest BCUT2D eigenvalue weighted by Gasteiger charge is -2.31. The minimum Gasteiger partial charge on any atom is -0.497 e. The molecule has 5 nitrogen and oxygen atoms in total. The quantitative estimate of drug-likeness (QED) is 0.813. The van der Waals surface area contributed by atoms with Gasteiger partial charge in [-0.3, -0.25) is 9.59 Å². The third-order valence-electron chi connectivity index (χ3n) is 5.31. The molecule has 2 aromatic carbocycles. The summed E-state index contributed by atoms with van der Waals surface area (Å²) >= 11 is 0. The van der Waals surface area contributed by atoms with Crippen LogP contribution >= 0.6 is 0 Å². The van der Waals surface area contributed by atoms with Crippen molar-refractivity contribution < 1.29 is 23.1 Å². The average molecular weight is 386 g/mol. The van der Waals surface area contributed by atoms with Crippen molar-refractivity contribution >= 4 is 23.2 Å². The predicted octanol–water partition coefficient (Wildman–Crippen LogP) is 3.31. The lowest BCUT2D eigenvalue weighted by atomic mass is 9.98. The summed E-state index contributed by atoms with van der Waals surface area (Å²) in [5.41, 5.74) is 1.29. The van der Waals surface area contributed by atoms with Crippen LogP contribution in [0.15, 0.2) is 36.4 Å². The van der Waals surface area contributed by atoms with Gasteiger partial charge in [0, 0.05) is 37.3 Å². The van der Waals surface area contributed by atoms with E-state index in [1.807, 2.05) is 0 Å². The van der Waals surface area contributed by atoms with Crippen molar-refractivity contribution in [2.24, 2.45) is 5.92 Å². The molecule has 0 bridgehead atoms. The van der Waals surface area contributed by atoms with Gasteiger partial charge >= 0.3 is 0 Å². The SMILES string of the molecule is COc1cccc(N2CC(C(=O)N3CCCc4cc(F)cc(F)c43)CC2=O)c1. The first-order chi connectivity index (χ1) is 13.5. The number of carbonyl (C=O) groups excluding carboxylic acids is 2. The van der Waals surface area contributed by atoms with Crippen molar-refractivity contribution in [3.05, 3.63) is 53.6 Å². The molecule has 0 aliphatic carbocycles. The van der Waals surface area contributed by atoms with Gasteiger partial charge in [-0.25, -0.2) is 8.78 Å². The van der Waals surface area contributed by atoms with Crippen molar-refractivity contribution in [3.63, 3.8) is 0 Å². The molecule has 0 aromatic heterocycles. The number of rotatable bonds is 3. The summed E-state index contributed by atoms with van der Waals surface area (Å²) in [5, 5.41) is 0. The smallest absolute Gasteiger partial charge is 0.232 e. The van der Waals surface area contributed by atoms with Gasteiger partial charge in [-0.05, 0) is 36.6 Å². The summed E-state index contributed by atoms with van der Waals surface area (Å²) in [5.74, 6) is -1.81. The summed E-state index contributed by atoms with van der Waals surface area (Å²) in [6, 6.07) is 9.16. The number of amides is 2. The number of anilines is 2. The van der Waals surface area contributed by atoms with E-state index in [0.717, 1.165) is 6.07 Å². The van der Waals surface area contributed by atoms with Gasteiger partial charge in [-0.15, -0.1) is 0 Å². The second kappa shape index (κ2) is 7.22. The fraction of sp³-hybridized carbons (Fsp3) is 0.333. The van der Waals surface area contributed by atoms with Crippen LogP contribution in [-0.2, 0) is 16.0 Å². The Labute approximate surface area is 161 Å². The number of carbonyl (C=O) groups is 2. The van der Waals surface area contributed by atoms with Crippen LogP contribution in [0.5, 0.6) is 5.75 Å². The van der Waals surface area contributed by atoms with Gasteiger partial charge in [-0.1, -0.05) is 6.07 Å². The molecular formula is C21H20F2N2O3. The standard InChI is InChI=1S/C21H20F2N2O3/c1-28-17-6-2-5-16(11-17)25-12-14(9-19(25)26)21(27)24-7-3-4-13-8-15(22)10-18(23)20(13)24/h2,5-6,8,10-11,14H,3-4,7,9,12H2,1H3. The van der Waals surface area contributed by atoms with Gasteiger partial charge in [0.25, 0.3) is 0 Å². The number of ether oxygens (including phenoxy) is 1. The first-order valence-corrected chi connectivity index (χ1v) is 9.21. The Hall–Kier alpha value is -2.96. The topological polar surface area (TPSA) is 49.9 Å². The number of benzene rings is 2. The minimum absolute atomic E-state index is 0.0602. The van der Waals surface area contributed by atoms with Crippen LogP contribution in [0.2, 0.25) is 0 Å². The summed E-state index contributed by atoms with van der Waals surface area (Å²) in [7, 11) is 1.54. The summed E-state index contributed by atoms with van der Waals surface area (Å²) < 4.78 is 33.1. The van der Waals surface area contributed by atoms with E-state index in [-0.39, 0.29) is 30.5 Å². The maximum atomic E-state index is 14.4. The maximum absolute atomic E-state index is 14.4. The van der Waals surface area contributed by atoms with E-state index in [0.29, 0.717) is 36.4 Å². The van der Waals surface area contributed by atoms with Crippen LogP contribution in [0.3, 0.4) is 0 Å². The highest BCUT2D eigenvalue weighted by Crippen LogP contribution is 2.34. The Kier molecular flexibility index (Phi) is 4.75. The van der Waals surface area contributed by atoms with Gasteiger partial charge in [0.1, 0.15) is 17.4 Å². The molecule has 146 valence electrons. The number of halogens is 2. The second-order valence-electron chi connectivity index (χ2n) is 7.10.